The van der Waals surface area contributed by atoms with Crippen molar-refractivity contribution in [1.29, 1.82) is 0 Å². The summed E-state index contributed by atoms with van der Waals surface area (Å²) in [4.78, 5) is 25.8. The first-order chi connectivity index (χ1) is 12.0. The van der Waals surface area contributed by atoms with Gasteiger partial charge in [0.15, 0.2) is 0 Å². The number of nitrogens with zero attached hydrogens (tertiary/aromatic N) is 3. The topological polar surface area (TPSA) is 88.5 Å². The molecule has 8 heteroatoms. The molecule has 0 saturated heterocycles. The maximum atomic E-state index is 12.4. The smallest absolute Gasteiger partial charge is 0.321 e. The number of methoxy groups -OCH3 is 1. The van der Waals surface area contributed by atoms with Gasteiger partial charge in [0.25, 0.3) is 5.91 Å². The van der Waals surface area contributed by atoms with Crippen molar-refractivity contribution in [3.05, 3.63) is 41.7 Å². The second-order valence-electron chi connectivity index (χ2n) is 5.48. The normalized spacial score (nSPS) is 10.2. The number of benzene rings is 1. The summed E-state index contributed by atoms with van der Waals surface area (Å²) in [6.07, 6.45) is 3.64. The first-order valence-electron chi connectivity index (χ1n) is 7.92. The summed E-state index contributed by atoms with van der Waals surface area (Å²) < 4.78 is 6.98. The predicted molar refractivity (Wildman–Crippen MR) is 94.8 cm³/mol. The van der Waals surface area contributed by atoms with Gasteiger partial charge in [-0.1, -0.05) is 0 Å². The van der Waals surface area contributed by atoms with E-state index in [0.29, 0.717) is 23.5 Å². The van der Waals surface area contributed by atoms with Gasteiger partial charge in [0.05, 0.1) is 25.4 Å². The first kappa shape index (κ1) is 18.3. The van der Waals surface area contributed by atoms with Crippen LogP contribution in [-0.2, 0) is 13.1 Å². The van der Waals surface area contributed by atoms with Crippen molar-refractivity contribution in [2.75, 3.05) is 26.5 Å². The van der Waals surface area contributed by atoms with E-state index in [4.69, 9.17) is 4.74 Å². The number of nitrogens with one attached hydrogen (secondary N) is 2. The number of aryl methyl sites for hydroxylation is 1. The summed E-state index contributed by atoms with van der Waals surface area (Å²) in [7, 11) is 4.73. The van der Waals surface area contributed by atoms with E-state index in [1.807, 2.05) is 13.1 Å². The van der Waals surface area contributed by atoms with Crippen LogP contribution in [0.15, 0.2) is 30.6 Å². The van der Waals surface area contributed by atoms with Gasteiger partial charge in [0.1, 0.15) is 5.75 Å². The van der Waals surface area contributed by atoms with Crippen LogP contribution in [0, 0.1) is 0 Å². The molecule has 2 N–H and O–H groups in total. The molecule has 0 spiro atoms. The van der Waals surface area contributed by atoms with Crippen LogP contribution in [0.5, 0.6) is 5.75 Å². The van der Waals surface area contributed by atoms with Crippen molar-refractivity contribution in [2.45, 2.75) is 20.0 Å². The molecular weight excluding hydrogens is 322 g/mol. The third-order valence-corrected chi connectivity index (χ3v) is 3.70. The minimum atomic E-state index is -0.284. The van der Waals surface area contributed by atoms with Gasteiger partial charge in [-0.25, -0.2) is 4.79 Å². The molecule has 25 heavy (non-hydrogen) atoms. The molecule has 134 valence electrons. The molecule has 0 atom stereocenters. The average Bonchev–Trinajstić information content (AvgIpc) is 3.08. The standard InChI is InChI=1S/C17H23N5O3/c1-5-22-11-12(9-19-22)10-21(3)17(24)20-13-6-7-15(25-4)14(8-13)16(23)18-2/h6-9,11H,5,10H2,1-4H3,(H,18,23)(H,20,24). The molecule has 0 aliphatic heterocycles. The zero-order valence-electron chi connectivity index (χ0n) is 14.9. The summed E-state index contributed by atoms with van der Waals surface area (Å²) in [5.41, 5.74) is 1.82. The molecule has 0 saturated carbocycles. The Balaban J connectivity index is 2.07. The molecule has 0 bridgehead atoms. The van der Waals surface area contributed by atoms with Gasteiger partial charge in [0.2, 0.25) is 0 Å². The Kier molecular flexibility index (Phi) is 5.99. The van der Waals surface area contributed by atoms with Crippen molar-refractivity contribution in [2.24, 2.45) is 0 Å². The number of urea groups is 1. The largest absolute Gasteiger partial charge is 0.496 e. The molecule has 0 aliphatic carbocycles. The average molecular weight is 345 g/mol. The van der Waals surface area contributed by atoms with Crippen molar-refractivity contribution in [1.82, 2.24) is 20.0 Å². The third-order valence-electron chi connectivity index (χ3n) is 3.70. The van der Waals surface area contributed by atoms with Gasteiger partial charge in [-0.05, 0) is 25.1 Å². The van der Waals surface area contributed by atoms with E-state index in [9.17, 15) is 9.59 Å². The van der Waals surface area contributed by atoms with E-state index in [-0.39, 0.29) is 11.9 Å². The highest BCUT2D eigenvalue weighted by molar-refractivity contribution is 5.99. The summed E-state index contributed by atoms with van der Waals surface area (Å²) in [5.74, 6) is 0.158. The van der Waals surface area contributed by atoms with Gasteiger partial charge in [-0.3, -0.25) is 9.48 Å². The lowest BCUT2D eigenvalue weighted by molar-refractivity contribution is 0.0960. The van der Waals surface area contributed by atoms with Crippen LogP contribution in [0.3, 0.4) is 0 Å². The van der Waals surface area contributed by atoms with E-state index in [0.717, 1.165) is 12.1 Å². The van der Waals surface area contributed by atoms with Crippen LogP contribution in [-0.4, -0.2) is 47.8 Å². The minimum absolute atomic E-state index is 0.280. The van der Waals surface area contributed by atoms with Crippen molar-refractivity contribution in [3.63, 3.8) is 0 Å². The number of anilines is 1. The molecule has 0 fully saturated rings. The van der Waals surface area contributed by atoms with Crippen molar-refractivity contribution in [3.8, 4) is 5.75 Å². The number of carbonyl (C=O) groups is 2. The van der Waals surface area contributed by atoms with Gasteiger partial charge >= 0.3 is 6.03 Å². The lowest BCUT2D eigenvalue weighted by Gasteiger charge is -2.18. The molecule has 2 rings (SSSR count). The Bertz CT molecular complexity index is 756. The maximum Gasteiger partial charge on any atom is 0.321 e. The monoisotopic (exact) mass is 345 g/mol. The molecule has 2 aromatic rings. The summed E-state index contributed by atoms with van der Waals surface area (Å²) in [6.45, 7) is 3.22. The lowest BCUT2D eigenvalue weighted by Crippen LogP contribution is -2.30. The molecule has 1 aromatic heterocycles. The molecule has 0 radical (unpaired) electrons. The van der Waals surface area contributed by atoms with Crippen LogP contribution in [0.1, 0.15) is 22.8 Å². The SMILES string of the molecule is CCn1cc(CN(C)C(=O)Nc2ccc(OC)c(C(=O)NC)c2)cn1. The molecule has 0 unspecified atom stereocenters. The predicted octanol–water partition coefficient (Wildman–Crippen LogP) is 1.94. The van der Waals surface area contributed by atoms with Gasteiger partial charge < -0.3 is 20.3 Å². The van der Waals surface area contributed by atoms with Crippen LogP contribution >= 0.6 is 0 Å². The summed E-state index contributed by atoms with van der Waals surface area (Å²) in [6, 6.07) is 4.63. The Morgan fingerprint density at radius 2 is 2.12 bits per heavy atom. The summed E-state index contributed by atoms with van der Waals surface area (Å²) in [5, 5.41) is 9.52. The third kappa shape index (κ3) is 4.50. The van der Waals surface area contributed by atoms with E-state index in [1.165, 1.54) is 14.2 Å². The maximum absolute atomic E-state index is 12.4. The molecule has 0 aliphatic rings. The highest BCUT2D eigenvalue weighted by atomic mass is 16.5. The zero-order valence-corrected chi connectivity index (χ0v) is 14.9. The Morgan fingerprint density at radius 3 is 2.72 bits per heavy atom. The number of rotatable bonds is 6. The van der Waals surface area contributed by atoms with Gasteiger partial charge in [0, 0.05) is 38.1 Å². The van der Waals surface area contributed by atoms with E-state index in [1.54, 1.807) is 41.0 Å². The highest BCUT2D eigenvalue weighted by Gasteiger charge is 2.15. The second-order valence-corrected chi connectivity index (χ2v) is 5.48. The number of carbonyl (C=O) groups excluding carboxylic acids is 2. The van der Waals surface area contributed by atoms with Crippen LogP contribution < -0.4 is 15.4 Å². The van der Waals surface area contributed by atoms with Crippen LogP contribution in [0.2, 0.25) is 0 Å². The Hall–Kier alpha value is -3.03. The van der Waals surface area contributed by atoms with E-state index < -0.39 is 0 Å². The summed E-state index contributed by atoms with van der Waals surface area (Å²) >= 11 is 0. The molecule has 3 amide bonds. The fraction of sp³-hybridized carbons (Fsp3) is 0.353. The highest BCUT2D eigenvalue weighted by Crippen LogP contribution is 2.22. The molecule has 1 aromatic carbocycles. The number of hydrogen-bond acceptors (Lipinski definition) is 4. The van der Waals surface area contributed by atoms with Crippen molar-refractivity contribution < 1.29 is 14.3 Å². The first-order valence-corrected chi connectivity index (χ1v) is 7.92. The van der Waals surface area contributed by atoms with Crippen LogP contribution in [0.25, 0.3) is 0 Å². The number of amides is 3. The number of ether oxygens (including phenoxy) is 1. The number of hydrogen-bond donors (Lipinski definition) is 2. The number of aromatic nitrogens is 2. The second kappa shape index (κ2) is 8.18. The van der Waals surface area contributed by atoms with Crippen LogP contribution in [0.4, 0.5) is 10.5 Å². The van der Waals surface area contributed by atoms with Gasteiger partial charge in [-0.2, -0.15) is 5.10 Å². The minimum Gasteiger partial charge on any atom is -0.496 e. The quantitative estimate of drug-likeness (QED) is 0.837. The van der Waals surface area contributed by atoms with E-state index >= 15 is 0 Å². The Morgan fingerprint density at radius 1 is 1.36 bits per heavy atom. The van der Waals surface area contributed by atoms with Crippen molar-refractivity contribution >= 4 is 17.6 Å². The van der Waals surface area contributed by atoms with Gasteiger partial charge in [-0.15, -0.1) is 0 Å². The Labute approximate surface area is 146 Å². The lowest BCUT2D eigenvalue weighted by atomic mass is 10.1. The fourth-order valence-corrected chi connectivity index (χ4v) is 2.32. The molecule has 8 nitrogen and oxygen atoms in total. The molecule has 1 heterocycles. The fourth-order valence-electron chi connectivity index (χ4n) is 2.32. The molecular formula is C17H23N5O3. The zero-order chi connectivity index (χ0) is 18.4. The van der Waals surface area contributed by atoms with E-state index in [2.05, 4.69) is 15.7 Å².